The zero-order valence-corrected chi connectivity index (χ0v) is 8.73. The van der Waals surface area contributed by atoms with Crippen LogP contribution in [-0.2, 0) is 0 Å². The van der Waals surface area contributed by atoms with Crippen molar-refractivity contribution in [2.24, 2.45) is 11.5 Å². The second-order valence-corrected chi connectivity index (χ2v) is 4.86. The summed E-state index contributed by atoms with van der Waals surface area (Å²) in [6, 6.07) is 2.79. The summed E-state index contributed by atoms with van der Waals surface area (Å²) in [4.78, 5) is 0. The van der Waals surface area contributed by atoms with Crippen LogP contribution in [0.4, 0.5) is 0 Å². The predicted octanol–water partition coefficient (Wildman–Crippen LogP) is -1.11. The Morgan fingerprint density at radius 3 is 2.45 bits per heavy atom. The number of nitrogens with two attached hydrogens (primary N) is 2. The Morgan fingerprint density at radius 1 is 1.00 bits per heavy atom. The van der Waals surface area contributed by atoms with Crippen molar-refractivity contribution in [3.8, 4) is 0 Å². The fourth-order valence-electron chi connectivity index (χ4n) is 0.975. The maximum Gasteiger partial charge on any atom is 0.0213 e. The van der Waals surface area contributed by atoms with Gasteiger partial charge in [-0.2, -0.15) is 0 Å². The molecule has 0 amide bonds. The van der Waals surface area contributed by atoms with Gasteiger partial charge in [-0.15, -0.1) is 0 Å². The van der Waals surface area contributed by atoms with Gasteiger partial charge in [0.25, 0.3) is 0 Å². The van der Waals surface area contributed by atoms with Crippen LogP contribution in [0.2, 0.25) is 12.1 Å². The average Bonchev–Trinajstić information content (AvgIpc) is 2.03. The zero-order chi connectivity index (χ0) is 8.36. The highest BCUT2D eigenvalue weighted by Crippen LogP contribution is 1.88. The molecule has 0 atom stereocenters. The summed E-state index contributed by atoms with van der Waals surface area (Å²) in [6.07, 6.45) is 1.23. The Labute approximate surface area is 71.7 Å². The molecule has 0 saturated carbocycles. The number of hydrogen-bond donors (Lipinski definition) is 3. The zero-order valence-electron chi connectivity index (χ0n) is 7.31. The highest BCUT2D eigenvalue weighted by Gasteiger charge is 1.88. The SMILES string of the molecule is NCCC[SiH2]CCNCCN. The molecule has 0 heterocycles. The molecule has 68 valence electrons. The van der Waals surface area contributed by atoms with Crippen LogP contribution in [0.3, 0.4) is 0 Å². The average molecular weight is 175 g/mol. The third-order valence-electron chi connectivity index (χ3n) is 1.63. The molecule has 0 aliphatic heterocycles. The Hall–Kier alpha value is 0.0969. The summed E-state index contributed by atoms with van der Waals surface area (Å²) in [7, 11) is 0.189. The van der Waals surface area contributed by atoms with Gasteiger partial charge in [0.1, 0.15) is 0 Å². The van der Waals surface area contributed by atoms with Crippen LogP contribution in [0, 0.1) is 0 Å². The molecule has 0 aliphatic carbocycles. The lowest BCUT2D eigenvalue weighted by Crippen LogP contribution is -2.23. The van der Waals surface area contributed by atoms with Crippen molar-refractivity contribution < 1.29 is 0 Å². The highest BCUT2D eigenvalue weighted by molar-refractivity contribution is 6.35. The Bertz CT molecular complexity index is 62.7. The van der Waals surface area contributed by atoms with Crippen molar-refractivity contribution in [3.63, 3.8) is 0 Å². The van der Waals surface area contributed by atoms with Gasteiger partial charge in [0.2, 0.25) is 0 Å². The van der Waals surface area contributed by atoms with Crippen LogP contribution in [0.1, 0.15) is 6.42 Å². The van der Waals surface area contributed by atoms with E-state index in [1.807, 2.05) is 0 Å². The normalized spacial score (nSPS) is 11.5. The highest BCUT2D eigenvalue weighted by atomic mass is 28.2. The maximum absolute atomic E-state index is 5.38. The molecule has 0 rings (SSSR count). The van der Waals surface area contributed by atoms with E-state index in [1.165, 1.54) is 18.5 Å². The van der Waals surface area contributed by atoms with Gasteiger partial charge in [-0.1, -0.05) is 12.1 Å². The van der Waals surface area contributed by atoms with Crippen LogP contribution in [0.25, 0.3) is 0 Å². The van der Waals surface area contributed by atoms with Crippen LogP contribution < -0.4 is 16.8 Å². The lowest BCUT2D eigenvalue weighted by atomic mass is 10.5. The third kappa shape index (κ3) is 10.1. The molecule has 0 aromatic carbocycles. The van der Waals surface area contributed by atoms with Crippen molar-refractivity contribution in [1.29, 1.82) is 0 Å². The molecule has 3 nitrogen and oxygen atoms in total. The van der Waals surface area contributed by atoms with Crippen molar-refractivity contribution in [2.75, 3.05) is 26.2 Å². The minimum atomic E-state index is 0.189. The van der Waals surface area contributed by atoms with E-state index in [4.69, 9.17) is 11.5 Å². The van der Waals surface area contributed by atoms with Crippen LogP contribution in [-0.4, -0.2) is 35.7 Å². The molecule has 0 aliphatic rings. The first kappa shape index (κ1) is 11.1. The first-order valence-corrected chi connectivity index (χ1v) is 6.52. The standard InChI is InChI=1S/C7H21N3Si/c8-2-1-6-11-7-5-10-4-3-9/h10H,1-9,11H2. The minimum absolute atomic E-state index is 0.189. The Balaban J connectivity index is 2.69. The van der Waals surface area contributed by atoms with E-state index in [-0.39, 0.29) is 9.52 Å². The van der Waals surface area contributed by atoms with E-state index < -0.39 is 0 Å². The first-order valence-electron chi connectivity index (χ1n) is 4.52. The smallest absolute Gasteiger partial charge is 0.0213 e. The summed E-state index contributed by atoms with van der Waals surface area (Å²) in [6.45, 7) is 3.74. The van der Waals surface area contributed by atoms with E-state index in [0.29, 0.717) is 0 Å². The minimum Gasteiger partial charge on any atom is -0.330 e. The van der Waals surface area contributed by atoms with Gasteiger partial charge in [0.05, 0.1) is 0 Å². The van der Waals surface area contributed by atoms with Gasteiger partial charge in [0, 0.05) is 22.6 Å². The summed E-state index contributed by atoms with van der Waals surface area (Å²) in [5.74, 6) is 0. The molecule has 0 spiro atoms. The Kier molecular flexibility index (Phi) is 10.2. The predicted molar refractivity (Wildman–Crippen MR) is 53.8 cm³/mol. The Morgan fingerprint density at radius 2 is 1.82 bits per heavy atom. The second-order valence-electron chi connectivity index (χ2n) is 2.74. The van der Waals surface area contributed by atoms with Gasteiger partial charge >= 0.3 is 0 Å². The van der Waals surface area contributed by atoms with Crippen LogP contribution in [0.5, 0.6) is 0 Å². The largest absolute Gasteiger partial charge is 0.330 e. The second kappa shape index (κ2) is 10.1. The summed E-state index contributed by atoms with van der Waals surface area (Å²) in [5.41, 5.74) is 10.7. The van der Waals surface area contributed by atoms with Gasteiger partial charge < -0.3 is 16.8 Å². The molecule has 0 fully saturated rings. The molecule has 11 heavy (non-hydrogen) atoms. The van der Waals surface area contributed by atoms with Gasteiger partial charge in [-0.3, -0.25) is 0 Å². The number of rotatable bonds is 8. The quantitative estimate of drug-likeness (QED) is 0.324. The number of hydrogen-bond acceptors (Lipinski definition) is 3. The number of nitrogens with one attached hydrogen (secondary N) is 1. The van der Waals surface area contributed by atoms with Crippen molar-refractivity contribution in [3.05, 3.63) is 0 Å². The van der Waals surface area contributed by atoms with Crippen LogP contribution in [0.15, 0.2) is 0 Å². The lowest BCUT2D eigenvalue weighted by molar-refractivity contribution is 0.722. The fraction of sp³-hybridized carbons (Fsp3) is 1.00. The molecule has 0 bridgehead atoms. The molecule has 0 radical (unpaired) electrons. The summed E-state index contributed by atoms with van der Waals surface area (Å²) in [5, 5.41) is 3.29. The van der Waals surface area contributed by atoms with E-state index in [0.717, 1.165) is 26.2 Å². The van der Waals surface area contributed by atoms with E-state index in [1.54, 1.807) is 0 Å². The topological polar surface area (TPSA) is 64.1 Å². The van der Waals surface area contributed by atoms with Crippen molar-refractivity contribution >= 4 is 9.52 Å². The summed E-state index contributed by atoms with van der Waals surface area (Å²) < 4.78 is 0. The van der Waals surface area contributed by atoms with Gasteiger partial charge in [-0.25, -0.2) is 0 Å². The van der Waals surface area contributed by atoms with Crippen LogP contribution >= 0.6 is 0 Å². The molecule has 0 unspecified atom stereocenters. The first-order chi connectivity index (χ1) is 5.41. The monoisotopic (exact) mass is 175 g/mol. The van der Waals surface area contributed by atoms with Crippen molar-refractivity contribution in [2.45, 2.75) is 18.5 Å². The summed E-state index contributed by atoms with van der Waals surface area (Å²) >= 11 is 0. The lowest BCUT2D eigenvalue weighted by Gasteiger charge is -2.01. The van der Waals surface area contributed by atoms with E-state index in [2.05, 4.69) is 5.32 Å². The van der Waals surface area contributed by atoms with Gasteiger partial charge in [0.15, 0.2) is 0 Å². The van der Waals surface area contributed by atoms with Crippen molar-refractivity contribution in [1.82, 2.24) is 5.32 Å². The molecule has 0 aromatic rings. The molecular weight excluding hydrogens is 154 g/mol. The van der Waals surface area contributed by atoms with Gasteiger partial charge in [-0.05, 0) is 19.5 Å². The molecular formula is C7H21N3Si. The fourth-order valence-corrected chi connectivity index (χ4v) is 2.47. The van der Waals surface area contributed by atoms with E-state index in [9.17, 15) is 0 Å². The molecule has 4 heteroatoms. The molecule has 0 aromatic heterocycles. The maximum atomic E-state index is 5.38. The van der Waals surface area contributed by atoms with E-state index >= 15 is 0 Å². The molecule has 5 N–H and O–H groups in total. The molecule has 0 saturated heterocycles. The third-order valence-corrected chi connectivity index (χ3v) is 3.48.